The Kier molecular flexibility index (Phi) is 4.02. The van der Waals surface area contributed by atoms with Gasteiger partial charge in [-0.3, -0.25) is 14.4 Å². The number of ketones is 1. The molecule has 20 heavy (non-hydrogen) atoms. The number of ether oxygens (including phenoxy) is 2. The van der Waals surface area contributed by atoms with Crippen LogP contribution in [0.3, 0.4) is 0 Å². The van der Waals surface area contributed by atoms with Crippen LogP contribution in [0.25, 0.3) is 0 Å². The highest BCUT2D eigenvalue weighted by molar-refractivity contribution is 6.52. The van der Waals surface area contributed by atoms with E-state index in [9.17, 15) is 14.4 Å². The highest BCUT2D eigenvalue weighted by atomic mass is 16.5. The second-order valence-corrected chi connectivity index (χ2v) is 4.22. The van der Waals surface area contributed by atoms with Crippen molar-refractivity contribution >= 4 is 23.3 Å². The van der Waals surface area contributed by atoms with Crippen molar-refractivity contribution in [3.05, 3.63) is 23.8 Å². The van der Waals surface area contributed by atoms with E-state index >= 15 is 0 Å². The smallest absolute Gasteiger partial charge is 0.307 e. The fraction of sp³-hybridized carbons (Fsp3) is 0.357. The molecule has 1 aliphatic rings. The first-order valence-electron chi connectivity index (χ1n) is 6.28. The van der Waals surface area contributed by atoms with Gasteiger partial charge in [-0.25, -0.2) is 0 Å². The minimum atomic E-state index is -0.627. The molecule has 1 aromatic rings. The van der Waals surface area contributed by atoms with Crippen molar-refractivity contribution in [2.24, 2.45) is 0 Å². The molecule has 0 fully saturated rings. The Bertz CT molecular complexity index is 567. The Morgan fingerprint density at radius 3 is 2.70 bits per heavy atom. The molecular weight excluding hydrogens is 262 g/mol. The van der Waals surface area contributed by atoms with Gasteiger partial charge in [-0.15, -0.1) is 0 Å². The molecular formula is C14H15NO5. The standard InChI is InChI=1S/C14H15NO5/c1-3-20-12(16)6-7-15-11-8-9(19-2)4-5-10(11)13(17)14(15)18/h4-5,8H,3,6-7H2,1-2H3. The molecule has 0 saturated carbocycles. The summed E-state index contributed by atoms with van der Waals surface area (Å²) in [7, 11) is 1.50. The maximum atomic E-state index is 11.9. The van der Waals surface area contributed by atoms with Crippen molar-refractivity contribution in [1.82, 2.24) is 0 Å². The lowest BCUT2D eigenvalue weighted by Gasteiger charge is -2.16. The predicted octanol–water partition coefficient (Wildman–Crippen LogP) is 1.18. The lowest BCUT2D eigenvalue weighted by Crippen LogP contribution is -2.32. The molecule has 0 unspecified atom stereocenters. The summed E-state index contributed by atoms with van der Waals surface area (Å²) >= 11 is 0. The normalized spacial score (nSPS) is 13.4. The average Bonchev–Trinajstić information content (AvgIpc) is 2.69. The summed E-state index contributed by atoms with van der Waals surface area (Å²) in [5, 5.41) is 0. The van der Waals surface area contributed by atoms with Crippen LogP contribution in [-0.4, -0.2) is 37.9 Å². The fourth-order valence-corrected chi connectivity index (χ4v) is 2.06. The summed E-state index contributed by atoms with van der Waals surface area (Å²) in [4.78, 5) is 36.4. The van der Waals surface area contributed by atoms with Gasteiger partial charge in [0.05, 0.1) is 31.4 Å². The number of nitrogens with zero attached hydrogens (tertiary/aromatic N) is 1. The van der Waals surface area contributed by atoms with Crippen molar-refractivity contribution in [3.63, 3.8) is 0 Å². The number of carbonyl (C=O) groups excluding carboxylic acids is 3. The Balaban J connectivity index is 2.20. The number of Topliss-reactive ketones (excluding diaryl/α,β-unsaturated/α-hetero) is 1. The van der Waals surface area contributed by atoms with Crippen molar-refractivity contribution < 1.29 is 23.9 Å². The van der Waals surface area contributed by atoms with Gasteiger partial charge in [-0.2, -0.15) is 0 Å². The average molecular weight is 277 g/mol. The van der Waals surface area contributed by atoms with Crippen LogP contribution in [0.1, 0.15) is 23.7 Å². The van der Waals surface area contributed by atoms with Crippen molar-refractivity contribution in [3.8, 4) is 5.75 Å². The summed E-state index contributed by atoms with van der Waals surface area (Å²) in [6.07, 6.45) is 0.0451. The predicted molar refractivity (Wildman–Crippen MR) is 70.9 cm³/mol. The van der Waals surface area contributed by atoms with Gasteiger partial charge in [0.1, 0.15) is 5.75 Å². The Hall–Kier alpha value is -2.37. The van der Waals surface area contributed by atoms with Gasteiger partial charge in [-0.05, 0) is 19.1 Å². The Morgan fingerprint density at radius 1 is 1.30 bits per heavy atom. The zero-order valence-electron chi connectivity index (χ0n) is 11.3. The number of hydrogen-bond donors (Lipinski definition) is 0. The maximum absolute atomic E-state index is 11.9. The molecule has 6 nitrogen and oxygen atoms in total. The van der Waals surface area contributed by atoms with Gasteiger partial charge < -0.3 is 14.4 Å². The molecule has 0 saturated heterocycles. The monoisotopic (exact) mass is 277 g/mol. The molecule has 1 amide bonds. The maximum Gasteiger partial charge on any atom is 0.307 e. The van der Waals surface area contributed by atoms with E-state index in [0.29, 0.717) is 17.0 Å². The first kappa shape index (κ1) is 14.0. The molecule has 1 aliphatic heterocycles. The number of anilines is 1. The van der Waals surface area contributed by atoms with E-state index in [1.807, 2.05) is 0 Å². The van der Waals surface area contributed by atoms with E-state index < -0.39 is 17.7 Å². The van der Waals surface area contributed by atoms with E-state index in [1.54, 1.807) is 25.1 Å². The summed E-state index contributed by atoms with van der Waals surface area (Å²) in [6.45, 7) is 2.11. The van der Waals surface area contributed by atoms with Gasteiger partial charge >= 0.3 is 5.97 Å². The van der Waals surface area contributed by atoms with Crippen LogP contribution in [0.15, 0.2) is 18.2 Å². The molecule has 1 heterocycles. The first-order valence-corrected chi connectivity index (χ1v) is 6.28. The van der Waals surface area contributed by atoms with Crippen LogP contribution in [0.2, 0.25) is 0 Å². The van der Waals surface area contributed by atoms with E-state index in [0.717, 1.165) is 0 Å². The number of benzene rings is 1. The molecule has 106 valence electrons. The third kappa shape index (κ3) is 2.49. The van der Waals surface area contributed by atoms with Crippen LogP contribution < -0.4 is 9.64 Å². The number of methoxy groups -OCH3 is 1. The number of esters is 1. The Labute approximate surface area is 116 Å². The molecule has 6 heteroatoms. The molecule has 0 spiro atoms. The lowest BCUT2D eigenvalue weighted by atomic mass is 10.1. The minimum Gasteiger partial charge on any atom is -0.497 e. The van der Waals surface area contributed by atoms with Crippen LogP contribution in [0, 0.1) is 0 Å². The summed E-state index contributed by atoms with van der Waals surface area (Å²) in [6, 6.07) is 4.79. The van der Waals surface area contributed by atoms with Crippen LogP contribution in [0.5, 0.6) is 5.75 Å². The lowest BCUT2D eigenvalue weighted by molar-refractivity contribution is -0.142. The molecule has 0 bridgehead atoms. The number of fused-ring (bicyclic) bond motifs is 1. The molecule has 1 aromatic carbocycles. The summed E-state index contributed by atoms with van der Waals surface area (Å²) in [5.74, 6) is -1.04. The van der Waals surface area contributed by atoms with Crippen molar-refractivity contribution in [2.45, 2.75) is 13.3 Å². The van der Waals surface area contributed by atoms with E-state index in [1.165, 1.54) is 12.0 Å². The Morgan fingerprint density at radius 2 is 2.05 bits per heavy atom. The number of hydrogen-bond acceptors (Lipinski definition) is 5. The highest BCUT2D eigenvalue weighted by Gasteiger charge is 2.36. The van der Waals surface area contributed by atoms with Crippen LogP contribution >= 0.6 is 0 Å². The summed E-state index contributed by atoms with van der Waals surface area (Å²) < 4.78 is 9.89. The van der Waals surface area contributed by atoms with Gasteiger partial charge in [0.2, 0.25) is 0 Å². The van der Waals surface area contributed by atoms with Gasteiger partial charge in [0.25, 0.3) is 11.7 Å². The minimum absolute atomic E-state index is 0.0451. The third-order valence-electron chi connectivity index (χ3n) is 3.02. The molecule has 0 aromatic heterocycles. The zero-order chi connectivity index (χ0) is 14.7. The topological polar surface area (TPSA) is 72.9 Å². The first-order chi connectivity index (χ1) is 9.58. The molecule has 0 N–H and O–H groups in total. The second kappa shape index (κ2) is 5.73. The fourth-order valence-electron chi connectivity index (χ4n) is 2.06. The zero-order valence-corrected chi connectivity index (χ0v) is 11.3. The molecule has 0 radical (unpaired) electrons. The van der Waals surface area contributed by atoms with Gasteiger partial charge in [0.15, 0.2) is 0 Å². The number of rotatable bonds is 5. The molecule has 0 atom stereocenters. The summed E-state index contributed by atoms with van der Waals surface area (Å²) in [5.41, 5.74) is 0.809. The number of carbonyl (C=O) groups is 3. The SMILES string of the molecule is CCOC(=O)CCN1C(=O)C(=O)c2ccc(OC)cc21. The second-order valence-electron chi connectivity index (χ2n) is 4.22. The van der Waals surface area contributed by atoms with Gasteiger partial charge in [0, 0.05) is 12.6 Å². The molecule has 0 aliphatic carbocycles. The van der Waals surface area contributed by atoms with Gasteiger partial charge in [-0.1, -0.05) is 0 Å². The van der Waals surface area contributed by atoms with E-state index in [4.69, 9.17) is 9.47 Å². The van der Waals surface area contributed by atoms with Crippen LogP contribution in [-0.2, 0) is 14.3 Å². The quantitative estimate of drug-likeness (QED) is 0.597. The molecule has 2 rings (SSSR count). The highest BCUT2D eigenvalue weighted by Crippen LogP contribution is 2.32. The largest absolute Gasteiger partial charge is 0.497 e. The number of amides is 1. The van der Waals surface area contributed by atoms with Crippen molar-refractivity contribution in [1.29, 1.82) is 0 Å². The third-order valence-corrected chi connectivity index (χ3v) is 3.02. The van der Waals surface area contributed by atoms with E-state index in [-0.39, 0.29) is 19.6 Å². The van der Waals surface area contributed by atoms with Crippen LogP contribution in [0.4, 0.5) is 5.69 Å². The van der Waals surface area contributed by atoms with Crippen molar-refractivity contribution in [2.75, 3.05) is 25.2 Å². The van der Waals surface area contributed by atoms with E-state index in [2.05, 4.69) is 0 Å².